The van der Waals surface area contributed by atoms with E-state index in [0.717, 1.165) is 161 Å². The van der Waals surface area contributed by atoms with Crippen LogP contribution in [0.15, 0.2) is 388 Å². The maximum atomic E-state index is 5.39. The Morgan fingerprint density at radius 1 is 0.170 bits per heavy atom. The first-order valence-corrected chi connectivity index (χ1v) is 37.5. The number of aromatic nitrogens is 11. The van der Waals surface area contributed by atoms with E-state index >= 15 is 0 Å². The standard InChI is InChI=1S/C100H64N12/c1-7-31-65(32-8-1)83-64-84(102-94(101-83)66-33-9-2-10-34-66)77-46-22-28-52-88(77)110-85-49-25-19-43-74(85)80-61-71(55-58-91(80)110)109(72-56-59-92-81(62-72)75-44-20-26-50-86(75)111(92)89-53-29-23-47-78(89)99-105-95(67-35-11-3-12-36-67)103-96(106-99)68-37-13-4-14-38-68)73-57-60-93-82(63-73)76-45-21-27-51-87(76)112(93)90-54-30-24-48-79(90)100-107-97(69-39-15-5-16-40-69)104-98(108-100)70-41-17-6-18-42-70/h1-64H. The molecule has 12 nitrogen and oxygen atoms in total. The first-order chi connectivity index (χ1) is 55.5. The molecule has 21 rings (SSSR count). The molecule has 0 unspecified atom stereocenters. The summed E-state index contributed by atoms with van der Waals surface area (Å²) in [4.78, 5) is 44.3. The monoisotopic (exact) mass is 1430 g/mol. The van der Waals surface area contributed by atoms with Crippen LogP contribution in [0.3, 0.4) is 0 Å². The van der Waals surface area contributed by atoms with Crippen LogP contribution in [0.1, 0.15) is 0 Å². The van der Waals surface area contributed by atoms with E-state index < -0.39 is 0 Å². The Bertz CT molecular complexity index is 6330. The average molecular weight is 1430 g/mol. The van der Waals surface area contributed by atoms with E-state index in [9.17, 15) is 0 Å². The van der Waals surface area contributed by atoms with Gasteiger partial charge in [-0.05, 0) is 109 Å². The molecule has 524 valence electrons. The fourth-order valence-electron chi connectivity index (χ4n) is 16.0. The van der Waals surface area contributed by atoms with Gasteiger partial charge < -0.3 is 18.6 Å². The minimum atomic E-state index is 0.570. The van der Waals surface area contributed by atoms with E-state index in [4.69, 9.17) is 39.9 Å². The van der Waals surface area contributed by atoms with Gasteiger partial charge in [0.25, 0.3) is 0 Å². The summed E-state index contributed by atoms with van der Waals surface area (Å²) >= 11 is 0. The van der Waals surface area contributed by atoms with Crippen molar-refractivity contribution >= 4 is 82.5 Å². The molecule has 0 aliphatic carbocycles. The van der Waals surface area contributed by atoms with Gasteiger partial charge in [0.05, 0.1) is 61.6 Å². The van der Waals surface area contributed by atoms with E-state index in [-0.39, 0.29) is 0 Å². The number of para-hydroxylation sites is 6. The van der Waals surface area contributed by atoms with E-state index in [0.29, 0.717) is 40.8 Å². The molecule has 12 heteroatoms. The topological polar surface area (TPSA) is 121 Å². The van der Waals surface area contributed by atoms with Gasteiger partial charge in [-0.1, -0.05) is 279 Å². The van der Waals surface area contributed by atoms with Crippen LogP contribution >= 0.6 is 0 Å². The van der Waals surface area contributed by atoms with Crippen molar-refractivity contribution < 1.29 is 0 Å². The van der Waals surface area contributed by atoms with E-state index in [1.165, 1.54) is 0 Å². The van der Waals surface area contributed by atoms with Gasteiger partial charge in [0, 0.05) is 99.5 Å². The summed E-state index contributed by atoms with van der Waals surface area (Å²) < 4.78 is 7.14. The third-order valence-electron chi connectivity index (χ3n) is 21.2. The van der Waals surface area contributed by atoms with Crippen LogP contribution in [0.4, 0.5) is 17.1 Å². The molecule has 21 aromatic rings. The SMILES string of the molecule is c1ccc(-c2cc(-c3ccccc3-n3c4ccccc4c4cc(N(c5ccc6c(c5)c5ccccc5n6-c5ccccc5-c5nc(-c6ccccc6)nc(-c6ccccc6)n5)c5ccc6c(c5)c5ccccc5n6-c5ccccc5-c5nc(-c6ccccc6)nc(-c6ccccc6)n5)ccc43)nc(-c3ccccc3)n2)cc1. The van der Waals surface area contributed by atoms with Crippen LogP contribution in [0.2, 0.25) is 0 Å². The Balaban J connectivity index is 0.766. The Morgan fingerprint density at radius 3 is 0.768 bits per heavy atom. The second kappa shape index (κ2) is 27.4. The number of hydrogen-bond acceptors (Lipinski definition) is 9. The van der Waals surface area contributed by atoms with Crippen LogP contribution in [-0.2, 0) is 0 Å². The Kier molecular flexibility index (Phi) is 15.9. The summed E-state index contributed by atoms with van der Waals surface area (Å²) in [6, 6.07) is 136. The predicted molar refractivity (Wildman–Crippen MR) is 455 cm³/mol. The quantitative estimate of drug-likeness (QED) is 0.0988. The smallest absolute Gasteiger partial charge is 0.166 e. The first-order valence-electron chi connectivity index (χ1n) is 37.5. The molecule has 0 saturated carbocycles. The van der Waals surface area contributed by atoms with Crippen molar-refractivity contribution in [3.8, 4) is 119 Å². The van der Waals surface area contributed by atoms with Crippen molar-refractivity contribution in [3.63, 3.8) is 0 Å². The van der Waals surface area contributed by atoms with Gasteiger partial charge in [-0.15, -0.1) is 0 Å². The third kappa shape index (κ3) is 11.4. The minimum absolute atomic E-state index is 0.570. The van der Waals surface area contributed by atoms with Gasteiger partial charge in [0.15, 0.2) is 40.8 Å². The summed E-state index contributed by atoms with van der Waals surface area (Å²) in [5.41, 5.74) is 21.9. The molecule has 0 N–H and O–H groups in total. The van der Waals surface area contributed by atoms with Crippen molar-refractivity contribution in [2.45, 2.75) is 0 Å². The molecule has 0 atom stereocenters. The van der Waals surface area contributed by atoms with Crippen molar-refractivity contribution in [3.05, 3.63) is 388 Å². The fourth-order valence-corrected chi connectivity index (χ4v) is 16.0. The summed E-state index contributed by atoms with van der Waals surface area (Å²) in [5.74, 6) is 4.18. The maximum Gasteiger partial charge on any atom is 0.166 e. The average Bonchev–Trinajstić information content (AvgIpc) is 1.57. The lowest BCUT2D eigenvalue weighted by molar-refractivity contribution is 1.06. The van der Waals surface area contributed by atoms with E-state index in [1.807, 2.05) is 146 Å². The van der Waals surface area contributed by atoms with Crippen LogP contribution in [0, 0.1) is 0 Å². The van der Waals surface area contributed by atoms with Crippen LogP contribution in [0.5, 0.6) is 0 Å². The minimum Gasteiger partial charge on any atom is -0.310 e. The second-order valence-corrected chi connectivity index (χ2v) is 27.8. The summed E-state index contributed by atoms with van der Waals surface area (Å²) in [6.45, 7) is 0. The molecule has 6 aromatic heterocycles. The predicted octanol–water partition coefficient (Wildman–Crippen LogP) is 24.6. The zero-order valence-corrected chi connectivity index (χ0v) is 60.3. The second-order valence-electron chi connectivity index (χ2n) is 27.8. The van der Waals surface area contributed by atoms with Crippen LogP contribution in [-0.4, -0.2) is 53.6 Å². The largest absolute Gasteiger partial charge is 0.310 e. The van der Waals surface area contributed by atoms with E-state index in [1.54, 1.807) is 0 Å². The molecular weight excluding hydrogens is 1370 g/mol. The molecule has 0 saturated heterocycles. The molecule has 0 aliphatic heterocycles. The Morgan fingerprint density at radius 2 is 0.420 bits per heavy atom. The Hall–Kier alpha value is -15.4. The normalized spacial score (nSPS) is 11.6. The van der Waals surface area contributed by atoms with E-state index in [2.05, 4.69) is 261 Å². The lowest BCUT2D eigenvalue weighted by atomic mass is 10.0. The highest BCUT2D eigenvalue weighted by molar-refractivity contribution is 6.15. The number of benzene rings is 15. The number of rotatable bonds is 15. The van der Waals surface area contributed by atoms with Gasteiger partial charge in [-0.3, -0.25) is 0 Å². The third-order valence-corrected chi connectivity index (χ3v) is 21.2. The van der Waals surface area contributed by atoms with Crippen molar-refractivity contribution in [2.75, 3.05) is 4.90 Å². The molecule has 0 aliphatic rings. The van der Waals surface area contributed by atoms with Crippen LogP contribution in [0.25, 0.3) is 185 Å². The van der Waals surface area contributed by atoms with Crippen molar-refractivity contribution in [1.82, 2.24) is 53.6 Å². The first kappa shape index (κ1) is 64.9. The highest BCUT2D eigenvalue weighted by Gasteiger charge is 2.27. The van der Waals surface area contributed by atoms with Crippen LogP contribution < -0.4 is 4.90 Å². The molecule has 6 heterocycles. The molecule has 0 amide bonds. The molecule has 0 fully saturated rings. The zero-order chi connectivity index (χ0) is 74.0. The number of hydrogen-bond donors (Lipinski definition) is 0. The molecule has 0 spiro atoms. The van der Waals surface area contributed by atoms with Gasteiger partial charge in [-0.25, -0.2) is 39.9 Å². The van der Waals surface area contributed by atoms with Gasteiger partial charge in [-0.2, -0.15) is 0 Å². The lowest BCUT2D eigenvalue weighted by Gasteiger charge is -2.26. The summed E-state index contributed by atoms with van der Waals surface area (Å²) in [6.07, 6.45) is 0. The molecule has 0 radical (unpaired) electrons. The van der Waals surface area contributed by atoms with Gasteiger partial charge >= 0.3 is 0 Å². The zero-order valence-electron chi connectivity index (χ0n) is 60.3. The van der Waals surface area contributed by atoms with Gasteiger partial charge in [0.2, 0.25) is 0 Å². The lowest BCUT2D eigenvalue weighted by Crippen LogP contribution is -2.10. The molecule has 112 heavy (non-hydrogen) atoms. The maximum absolute atomic E-state index is 5.39. The van der Waals surface area contributed by atoms with Gasteiger partial charge in [0.1, 0.15) is 0 Å². The fraction of sp³-hybridized carbons (Fsp3) is 0. The Labute approximate surface area is 644 Å². The molecule has 15 aromatic carbocycles. The highest BCUT2D eigenvalue weighted by Crippen LogP contribution is 2.47. The number of fused-ring (bicyclic) bond motifs is 9. The summed E-state index contributed by atoms with van der Waals surface area (Å²) in [5, 5.41) is 6.52. The molecule has 0 bridgehead atoms. The van der Waals surface area contributed by atoms with Crippen molar-refractivity contribution in [2.24, 2.45) is 0 Å². The van der Waals surface area contributed by atoms with Crippen molar-refractivity contribution in [1.29, 1.82) is 0 Å². The number of nitrogens with zero attached hydrogens (tertiary/aromatic N) is 12. The highest BCUT2D eigenvalue weighted by atomic mass is 15.1. The summed E-state index contributed by atoms with van der Waals surface area (Å²) in [7, 11) is 0. The number of anilines is 3. The molecular formula is C100H64N12.